The molecule has 2 rings (SSSR count). The standard InChI is InChI=1S/C13H19F2NO3/c1-12(11(18)19)6-7-16(8-12)10(17)9-2-4-13(14,15)5-3-9/h9H,2-8H2,1H3,(H,18,19). The molecule has 1 aliphatic heterocycles. The summed E-state index contributed by atoms with van der Waals surface area (Å²) >= 11 is 0. The Bertz CT molecular complexity index is 389. The maximum atomic E-state index is 13.0. The predicted octanol–water partition coefficient (Wildman–Crippen LogP) is 2.14. The van der Waals surface area contributed by atoms with Crippen LogP contribution in [0.5, 0.6) is 0 Å². The van der Waals surface area contributed by atoms with E-state index in [1.54, 1.807) is 6.92 Å². The Morgan fingerprint density at radius 2 is 1.79 bits per heavy atom. The van der Waals surface area contributed by atoms with Crippen LogP contribution >= 0.6 is 0 Å². The van der Waals surface area contributed by atoms with Crippen molar-refractivity contribution in [3.63, 3.8) is 0 Å². The summed E-state index contributed by atoms with van der Waals surface area (Å²) in [6, 6.07) is 0. The lowest BCUT2D eigenvalue weighted by molar-refractivity contribution is -0.147. The number of carbonyl (C=O) groups excluding carboxylic acids is 1. The van der Waals surface area contributed by atoms with Crippen LogP contribution in [0, 0.1) is 11.3 Å². The zero-order valence-corrected chi connectivity index (χ0v) is 11.0. The third-order valence-corrected chi connectivity index (χ3v) is 4.37. The molecule has 1 atom stereocenters. The van der Waals surface area contributed by atoms with E-state index in [1.807, 2.05) is 0 Å². The maximum absolute atomic E-state index is 13.0. The van der Waals surface area contributed by atoms with Crippen molar-refractivity contribution in [2.75, 3.05) is 13.1 Å². The molecule has 2 aliphatic rings. The van der Waals surface area contributed by atoms with Crippen molar-refractivity contribution in [3.8, 4) is 0 Å². The minimum Gasteiger partial charge on any atom is -0.481 e. The number of halogens is 2. The molecule has 1 N–H and O–H groups in total. The highest BCUT2D eigenvalue weighted by Gasteiger charge is 2.45. The first kappa shape index (κ1) is 14.2. The molecule has 0 aromatic heterocycles. The van der Waals surface area contributed by atoms with Gasteiger partial charge in [-0.3, -0.25) is 9.59 Å². The van der Waals surface area contributed by atoms with Crippen LogP contribution in [-0.2, 0) is 9.59 Å². The van der Waals surface area contributed by atoms with Crippen molar-refractivity contribution in [2.45, 2.75) is 45.0 Å². The summed E-state index contributed by atoms with van der Waals surface area (Å²) in [5.41, 5.74) is -0.895. The van der Waals surface area contributed by atoms with Gasteiger partial charge in [0.15, 0.2) is 0 Å². The molecule has 1 aliphatic carbocycles. The number of alkyl halides is 2. The summed E-state index contributed by atoms with van der Waals surface area (Å²) in [5.74, 6) is -4.06. The van der Waals surface area contributed by atoms with Crippen molar-refractivity contribution in [2.24, 2.45) is 11.3 Å². The molecule has 1 unspecified atom stereocenters. The fraction of sp³-hybridized carbons (Fsp3) is 0.846. The number of hydrogen-bond donors (Lipinski definition) is 1. The van der Waals surface area contributed by atoms with Gasteiger partial charge < -0.3 is 10.0 Å². The monoisotopic (exact) mass is 275 g/mol. The number of hydrogen-bond acceptors (Lipinski definition) is 2. The predicted molar refractivity (Wildman–Crippen MR) is 63.8 cm³/mol. The van der Waals surface area contributed by atoms with Gasteiger partial charge in [0.05, 0.1) is 5.41 Å². The van der Waals surface area contributed by atoms with Gasteiger partial charge in [0.1, 0.15) is 0 Å². The molecule has 1 saturated heterocycles. The topological polar surface area (TPSA) is 57.6 Å². The third kappa shape index (κ3) is 2.87. The van der Waals surface area contributed by atoms with E-state index in [0.29, 0.717) is 13.0 Å². The molecule has 2 fully saturated rings. The Kier molecular flexibility index (Phi) is 3.53. The van der Waals surface area contributed by atoms with Crippen LogP contribution in [0.4, 0.5) is 8.78 Å². The first-order chi connectivity index (χ1) is 8.73. The zero-order chi connectivity index (χ0) is 14.3. The van der Waals surface area contributed by atoms with E-state index in [4.69, 9.17) is 5.11 Å². The largest absolute Gasteiger partial charge is 0.481 e. The Balaban J connectivity index is 1.94. The first-order valence-electron chi connectivity index (χ1n) is 6.64. The van der Waals surface area contributed by atoms with Crippen LogP contribution < -0.4 is 0 Å². The van der Waals surface area contributed by atoms with Crippen molar-refractivity contribution in [3.05, 3.63) is 0 Å². The SMILES string of the molecule is CC1(C(=O)O)CCN(C(=O)C2CCC(F)(F)CC2)C1. The summed E-state index contributed by atoms with van der Waals surface area (Å²) in [7, 11) is 0. The second-order valence-corrected chi connectivity index (χ2v) is 6.01. The Hall–Kier alpha value is -1.20. The number of carboxylic acids is 1. The third-order valence-electron chi connectivity index (χ3n) is 4.37. The number of likely N-dealkylation sites (tertiary alicyclic amines) is 1. The number of carboxylic acid groups (broad SMARTS) is 1. The number of carbonyl (C=O) groups is 2. The average Bonchev–Trinajstić information content (AvgIpc) is 2.72. The highest BCUT2D eigenvalue weighted by molar-refractivity contribution is 5.82. The van der Waals surface area contributed by atoms with E-state index in [0.717, 1.165) is 0 Å². The molecular formula is C13H19F2NO3. The number of nitrogens with zero attached hydrogens (tertiary/aromatic N) is 1. The average molecular weight is 275 g/mol. The minimum atomic E-state index is -2.64. The van der Waals surface area contributed by atoms with Gasteiger partial charge in [0.25, 0.3) is 0 Å². The van der Waals surface area contributed by atoms with E-state index in [-0.39, 0.29) is 44.1 Å². The maximum Gasteiger partial charge on any atom is 0.311 e. The molecular weight excluding hydrogens is 256 g/mol. The lowest BCUT2D eigenvalue weighted by Gasteiger charge is -2.30. The highest BCUT2D eigenvalue weighted by atomic mass is 19.3. The molecule has 4 nitrogen and oxygen atoms in total. The summed E-state index contributed by atoms with van der Waals surface area (Å²) in [6.45, 7) is 2.22. The van der Waals surface area contributed by atoms with Gasteiger partial charge in [-0.25, -0.2) is 8.78 Å². The van der Waals surface area contributed by atoms with Gasteiger partial charge in [0.2, 0.25) is 11.8 Å². The van der Waals surface area contributed by atoms with Crippen LogP contribution in [0.2, 0.25) is 0 Å². The van der Waals surface area contributed by atoms with Crippen LogP contribution in [0.25, 0.3) is 0 Å². The van der Waals surface area contributed by atoms with Crippen LogP contribution in [-0.4, -0.2) is 40.9 Å². The summed E-state index contributed by atoms with van der Waals surface area (Å²) < 4.78 is 26.1. The second kappa shape index (κ2) is 4.72. The zero-order valence-electron chi connectivity index (χ0n) is 11.0. The Morgan fingerprint density at radius 1 is 1.21 bits per heavy atom. The smallest absolute Gasteiger partial charge is 0.311 e. The summed E-state index contributed by atoms with van der Waals surface area (Å²) in [6.07, 6.45) is 0.343. The molecule has 1 heterocycles. The molecule has 0 aromatic rings. The molecule has 6 heteroatoms. The molecule has 0 aromatic carbocycles. The van der Waals surface area contributed by atoms with Crippen LogP contribution in [0.1, 0.15) is 39.0 Å². The van der Waals surface area contributed by atoms with Crippen molar-refractivity contribution in [1.82, 2.24) is 4.90 Å². The molecule has 1 amide bonds. The van der Waals surface area contributed by atoms with E-state index in [2.05, 4.69) is 0 Å². The van der Waals surface area contributed by atoms with E-state index in [9.17, 15) is 18.4 Å². The van der Waals surface area contributed by atoms with Gasteiger partial charge in [-0.15, -0.1) is 0 Å². The van der Waals surface area contributed by atoms with Crippen molar-refractivity contribution >= 4 is 11.9 Å². The van der Waals surface area contributed by atoms with Gasteiger partial charge >= 0.3 is 5.97 Å². The quantitative estimate of drug-likeness (QED) is 0.840. The highest BCUT2D eigenvalue weighted by Crippen LogP contribution is 2.38. The van der Waals surface area contributed by atoms with Gasteiger partial charge in [0, 0.05) is 31.8 Å². The van der Waals surface area contributed by atoms with Gasteiger partial charge in [-0.05, 0) is 26.2 Å². The van der Waals surface area contributed by atoms with E-state index >= 15 is 0 Å². The second-order valence-electron chi connectivity index (χ2n) is 6.01. The van der Waals surface area contributed by atoms with Gasteiger partial charge in [-0.1, -0.05) is 0 Å². The molecule has 1 saturated carbocycles. The lowest BCUT2D eigenvalue weighted by Crippen LogP contribution is -2.40. The lowest BCUT2D eigenvalue weighted by atomic mass is 9.85. The summed E-state index contributed by atoms with van der Waals surface area (Å²) in [4.78, 5) is 24.9. The fourth-order valence-electron chi connectivity index (χ4n) is 2.87. The van der Waals surface area contributed by atoms with E-state index < -0.39 is 17.3 Å². The first-order valence-corrected chi connectivity index (χ1v) is 6.64. The molecule has 19 heavy (non-hydrogen) atoms. The van der Waals surface area contributed by atoms with Crippen LogP contribution in [0.15, 0.2) is 0 Å². The molecule has 0 radical (unpaired) electrons. The van der Waals surface area contributed by atoms with Crippen molar-refractivity contribution in [1.29, 1.82) is 0 Å². The molecule has 0 bridgehead atoms. The molecule has 0 spiro atoms. The van der Waals surface area contributed by atoms with Crippen LogP contribution in [0.3, 0.4) is 0 Å². The van der Waals surface area contributed by atoms with Gasteiger partial charge in [-0.2, -0.15) is 0 Å². The Morgan fingerprint density at radius 3 is 2.26 bits per heavy atom. The van der Waals surface area contributed by atoms with Crippen molar-refractivity contribution < 1.29 is 23.5 Å². The minimum absolute atomic E-state index is 0.152. The summed E-state index contributed by atoms with van der Waals surface area (Å²) in [5, 5.41) is 9.11. The molecule has 108 valence electrons. The number of amides is 1. The Labute approximate surface area is 110 Å². The number of aliphatic carboxylic acids is 1. The van der Waals surface area contributed by atoms with E-state index in [1.165, 1.54) is 4.90 Å². The fourth-order valence-corrected chi connectivity index (χ4v) is 2.87. The normalized spacial score (nSPS) is 31.4. The number of rotatable bonds is 2.